The molecule has 9 nitrogen and oxygen atoms in total. The Labute approximate surface area is 134 Å². The van der Waals surface area contributed by atoms with Crippen LogP contribution in [-0.4, -0.2) is 22.4 Å². The number of carbonyl (C=O) groups excluding carboxylic acids is 2. The van der Waals surface area contributed by atoms with E-state index in [1.807, 2.05) is 0 Å². The molecule has 0 unspecified atom stereocenters. The fraction of sp³-hybridized carbons (Fsp3) is 0.154. The number of nitro groups is 1. The molecule has 2 heterocycles. The van der Waals surface area contributed by atoms with E-state index in [-0.39, 0.29) is 16.3 Å². The highest BCUT2D eigenvalue weighted by atomic mass is 32.1. The van der Waals surface area contributed by atoms with Crippen molar-refractivity contribution in [2.24, 2.45) is 5.10 Å². The zero-order valence-corrected chi connectivity index (χ0v) is 13.0. The first-order chi connectivity index (χ1) is 10.9. The molecule has 0 spiro atoms. The second kappa shape index (κ2) is 6.83. The van der Waals surface area contributed by atoms with Gasteiger partial charge in [-0.15, -0.1) is 11.3 Å². The van der Waals surface area contributed by atoms with E-state index in [1.165, 1.54) is 12.1 Å². The molecule has 0 radical (unpaired) electrons. The number of hydrazone groups is 1. The molecule has 0 aliphatic rings. The number of amides is 2. The first-order valence-electron chi connectivity index (χ1n) is 6.32. The van der Waals surface area contributed by atoms with Crippen molar-refractivity contribution in [1.82, 2.24) is 5.43 Å². The first-order valence-corrected chi connectivity index (χ1v) is 7.20. The van der Waals surface area contributed by atoms with Crippen LogP contribution in [0.5, 0.6) is 0 Å². The van der Waals surface area contributed by atoms with Crippen LogP contribution in [0.15, 0.2) is 33.1 Å². The van der Waals surface area contributed by atoms with Crippen molar-refractivity contribution in [1.29, 1.82) is 0 Å². The predicted molar refractivity (Wildman–Crippen MR) is 83.9 cm³/mol. The number of nitrogens with zero attached hydrogens (tertiary/aromatic N) is 2. The Bertz CT molecular complexity index is 788. The summed E-state index contributed by atoms with van der Waals surface area (Å²) in [7, 11) is 0. The average molecular weight is 336 g/mol. The Kier molecular flexibility index (Phi) is 4.86. The van der Waals surface area contributed by atoms with Crippen molar-refractivity contribution >= 4 is 39.7 Å². The van der Waals surface area contributed by atoms with Crippen LogP contribution in [0.1, 0.15) is 34.8 Å². The summed E-state index contributed by atoms with van der Waals surface area (Å²) in [5.41, 5.74) is 3.25. The molecule has 2 aromatic heterocycles. The average Bonchev–Trinajstić information content (AvgIpc) is 3.13. The molecule has 0 aromatic carbocycles. The highest BCUT2D eigenvalue weighted by Gasteiger charge is 2.20. The van der Waals surface area contributed by atoms with E-state index in [9.17, 15) is 19.7 Å². The molecule has 10 heteroatoms. The third kappa shape index (κ3) is 4.01. The summed E-state index contributed by atoms with van der Waals surface area (Å²) in [6, 6.07) is 3.79. The molecule has 0 saturated carbocycles. The van der Waals surface area contributed by atoms with Gasteiger partial charge >= 0.3 is 5.88 Å². The molecule has 2 amide bonds. The quantitative estimate of drug-likeness (QED) is 0.493. The summed E-state index contributed by atoms with van der Waals surface area (Å²) in [6.07, 6.45) is 0. The van der Waals surface area contributed by atoms with Crippen molar-refractivity contribution in [2.75, 3.05) is 5.32 Å². The van der Waals surface area contributed by atoms with Crippen molar-refractivity contribution in [3.63, 3.8) is 0 Å². The maximum absolute atomic E-state index is 12.0. The fourth-order valence-electron chi connectivity index (χ4n) is 1.52. The standard InChI is InChI=1S/C13H12N4O5S/c1-7(2)15-16-11(18)8-5-6-23-13(8)14-12(19)9-3-4-10(22-9)17(20)21/h3-6H,1-2H3,(H,14,19)(H,16,18). The molecule has 2 rings (SSSR count). The van der Waals surface area contributed by atoms with Gasteiger partial charge in [0.05, 0.1) is 11.6 Å². The van der Waals surface area contributed by atoms with Gasteiger partial charge in [0.1, 0.15) is 9.92 Å². The number of hydrogen-bond acceptors (Lipinski definition) is 7. The molecular weight excluding hydrogens is 324 g/mol. The minimum atomic E-state index is -0.744. The molecule has 23 heavy (non-hydrogen) atoms. The van der Waals surface area contributed by atoms with E-state index < -0.39 is 22.6 Å². The smallest absolute Gasteiger partial charge is 0.395 e. The lowest BCUT2D eigenvalue weighted by Crippen LogP contribution is -2.20. The van der Waals surface area contributed by atoms with Crippen molar-refractivity contribution in [3.8, 4) is 0 Å². The number of anilines is 1. The lowest BCUT2D eigenvalue weighted by atomic mass is 10.3. The molecule has 0 fully saturated rings. The molecule has 2 aromatic rings. The number of hydrogen-bond donors (Lipinski definition) is 2. The maximum Gasteiger partial charge on any atom is 0.433 e. The number of thiophene rings is 1. The number of furan rings is 1. The Morgan fingerprint density at radius 2 is 2.00 bits per heavy atom. The van der Waals surface area contributed by atoms with E-state index >= 15 is 0 Å². The lowest BCUT2D eigenvalue weighted by Gasteiger charge is -2.04. The van der Waals surface area contributed by atoms with Crippen molar-refractivity contribution < 1.29 is 18.9 Å². The van der Waals surface area contributed by atoms with E-state index in [4.69, 9.17) is 4.42 Å². The Hall–Kier alpha value is -3.01. The molecule has 0 atom stereocenters. The maximum atomic E-state index is 12.0. The second-order valence-corrected chi connectivity index (χ2v) is 5.43. The van der Waals surface area contributed by atoms with Crippen LogP contribution in [0.3, 0.4) is 0 Å². The summed E-state index contributed by atoms with van der Waals surface area (Å²) in [5.74, 6) is -1.93. The Balaban J connectivity index is 2.12. The van der Waals surface area contributed by atoms with Gasteiger partial charge in [0, 0.05) is 5.71 Å². The third-order valence-electron chi connectivity index (χ3n) is 2.51. The highest BCUT2D eigenvalue weighted by molar-refractivity contribution is 7.14. The van der Waals surface area contributed by atoms with Crippen molar-refractivity contribution in [2.45, 2.75) is 13.8 Å². The van der Waals surface area contributed by atoms with Crippen LogP contribution in [0.2, 0.25) is 0 Å². The van der Waals surface area contributed by atoms with E-state index in [2.05, 4.69) is 15.8 Å². The number of rotatable bonds is 5. The normalized spacial score (nSPS) is 10.0. The first kappa shape index (κ1) is 16.4. The molecule has 0 aliphatic heterocycles. The van der Waals surface area contributed by atoms with E-state index in [1.54, 1.807) is 19.2 Å². The van der Waals surface area contributed by atoms with Crippen LogP contribution in [0.25, 0.3) is 0 Å². The molecule has 0 aliphatic carbocycles. The molecular formula is C13H12N4O5S. The van der Waals surface area contributed by atoms with Gasteiger partial charge in [-0.2, -0.15) is 5.10 Å². The van der Waals surface area contributed by atoms with Crippen molar-refractivity contribution in [3.05, 3.63) is 45.0 Å². The molecule has 0 saturated heterocycles. The zero-order chi connectivity index (χ0) is 17.0. The largest absolute Gasteiger partial charge is 0.433 e. The summed E-state index contributed by atoms with van der Waals surface area (Å²) in [5, 5.41) is 18.7. The van der Waals surface area contributed by atoms with Crippen LogP contribution in [0.4, 0.5) is 10.9 Å². The van der Waals surface area contributed by atoms with Crippen LogP contribution < -0.4 is 10.7 Å². The van der Waals surface area contributed by atoms with Gasteiger partial charge in [-0.25, -0.2) is 5.43 Å². The van der Waals surface area contributed by atoms with Gasteiger partial charge in [0.15, 0.2) is 5.76 Å². The zero-order valence-electron chi connectivity index (χ0n) is 12.2. The summed E-state index contributed by atoms with van der Waals surface area (Å²) in [6.45, 7) is 3.45. The van der Waals surface area contributed by atoms with Crippen LogP contribution >= 0.6 is 11.3 Å². The van der Waals surface area contributed by atoms with Gasteiger partial charge in [0.2, 0.25) is 0 Å². The summed E-state index contributed by atoms with van der Waals surface area (Å²) < 4.78 is 4.81. The van der Waals surface area contributed by atoms with Crippen LogP contribution in [-0.2, 0) is 0 Å². The summed E-state index contributed by atoms with van der Waals surface area (Å²) >= 11 is 1.13. The minimum Gasteiger partial charge on any atom is -0.395 e. The molecule has 120 valence electrons. The van der Waals surface area contributed by atoms with Gasteiger partial charge in [-0.1, -0.05) is 0 Å². The number of carbonyl (C=O) groups is 2. The minimum absolute atomic E-state index is 0.223. The Morgan fingerprint density at radius 3 is 2.61 bits per heavy atom. The topological polar surface area (TPSA) is 127 Å². The van der Waals surface area contributed by atoms with Gasteiger partial charge in [0.25, 0.3) is 11.8 Å². The van der Waals surface area contributed by atoms with Crippen LogP contribution in [0, 0.1) is 10.1 Å². The predicted octanol–water partition coefficient (Wildman–Crippen LogP) is 2.63. The second-order valence-electron chi connectivity index (χ2n) is 4.51. The third-order valence-corrected chi connectivity index (χ3v) is 3.34. The lowest BCUT2D eigenvalue weighted by molar-refractivity contribution is -0.402. The van der Waals surface area contributed by atoms with Gasteiger partial charge in [-0.05, 0) is 31.4 Å². The van der Waals surface area contributed by atoms with Gasteiger partial charge < -0.3 is 9.73 Å². The fourth-order valence-corrected chi connectivity index (χ4v) is 2.30. The van der Waals surface area contributed by atoms with E-state index in [0.717, 1.165) is 17.4 Å². The Morgan fingerprint density at radius 1 is 1.26 bits per heavy atom. The SMILES string of the molecule is CC(C)=NNC(=O)c1ccsc1NC(=O)c1ccc([N+](=O)[O-])o1. The van der Waals surface area contributed by atoms with E-state index in [0.29, 0.717) is 5.71 Å². The number of nitrogens with one attached hydrogen (secondary N) is 2. The summed E-state index contributed by atoms with van der Waals surface area (Å²) in [4.78, 5) is 33.8. The molecule has 0 bridgehead atoms. The monoisotopic (exact) mass is 336 g/mol. The molecule has 2 N–H and O–H groups in total. The highest BCUT2D eigenvalue weighted by Crippen LogP contribution is 2.25. The van der Waals surface area contributed by atoms with Gasteiger partial charge in [-0.3, -0.25) is 19.7 Å².